The van der Waals surface area contributed by atoms with E-state index < -0.39 is 6.17 Å². The van der Waals surface area contributed by atoms with E-state index in [2.05, 4.69) is 38.7 Å². The van der Waals surface area contributed by atoms with Crippen molar-refractivity contribution in [2.75, 3.05) is 39.9 Å². The van der Waals surface area contributed by atoms with Crippen LogP contribution in [0.15, 0.2) is 0 Å². The van der Waals surface area contributed by atoms with Crippen molar-refractivity contribution < 1.29 is 13.9 Å². The van der Waals surface area contributed by atoms with E-state index in [0.29, 0.717) is 31.0 Å². The van der Waals surface area contributed by atoms with Gasteiger partial charge in [0.2, 0.25) is 5.91 Å². The smallest absolute Gasteiger partial charge is 0.223 e. The highest BCUT2D eigenvalue weighted by molar-refractivity contribution is 5.79. The summed E-state index contributed by atoms with van der Waals surface area (Å²) in [5.41, 5.74) is 6.69. The third-order valence-electron chi connectivity index (χ3n) is 9.28. The second-order valence-electron chi connectivity index (χ2n) is 11.4. The second-order valence-corrected chi connectivity index (χ2v) is 11.4. The minimum Gasteiger partial charge on any atom is -0.379 e. The van der Waals surface area contributed by atoms with Gasteiger partial charge in [-0.1, -0.05) is 19.3 Å². The molecule has 9 heteroatoms. The highest BCUT2D eigenvalue weighted by atomic mass is 19.1. The molecule has 0 aromatic carbocycles. The van der Waals surface area contributed by atoms with Gasteiger partial charge in [-0.3, -0.25) is 9.69 Å². The molecule has 9 atom stereocenters. The third kappa shape index (κ3) is 5.60. The summed E-state index contributed by atoms with van der Waals surface area (Å²) in [5, 5.41) is 10.2. The number of nitrogens with one attached hydrogen (secondary N) is 5. The monoisotopic (exact) mass is 480 g/mol. The predicted octanol–water partition coefficient (Wildman–Crippen LogP) is 1.10. The Morgan fingerprint density at radius 2 is 1.94 bits per heavy atom. The number of ether oxygens (including phenoxy) is 1. The number of nitrogens with zero attached hydrogens (tertiary/aromatic N) is 1. The maximum absolute atomic E-state index is 14.4. The summed E-state index contributed by atoms with van der Waals surface area (Å²) in [5.74, 6) is 1.53. The Balaban J connectivity index is 1.08. The van der Waals surface area contributed by atoms with Crippen LogP contribution in [0.1, 0.15) is 57.8 Å². The molecular weight excluding hydrogens is 435 g/mol. The fourth-order valence-electron chi connectivity index (χ4n) is 7.16. The molecule has 1 amide bonds. The number of carbonyl (C=O) groups is 1. The van der Waals surface area contributed by atoms with E-state index in [1.807, 2.05) is 0 Å². The van der Waals surface area contributed by atoms with Crippen molar-refractivity contribution in [1.82, 2.24) is 31.7 Å². The van der Waals surface area contributed by atoms with Crippen LogP contribution in [0.2, 0.25) is 0 Å². The van der Waals surface area contributed by atoms with Crippen LogP contribution in [0.4, 0.5) is 4.39 Å². The highest BCUT2D eigenvalue weighted by Crippen LogP contribution is 2.36. The van der Waals surface area contributed by atoms with Gasteiger partial charge in [0.05, 0.1) is 25.0 Å². The summed E-state index contributed by atoms with van der Waals surface area (Å²) in [4.78, 5) is 15.4. The molecule has 2 aliphatic carbocycles. The van der Waals surface area contributed by atoms with Crippen LogP contribution >= 0.6 is 0 Å². The molecule has 5 aliphatic rings. The molecule has 0 bridgehead atoms. The van der Waals surface area contributed by atoms with Gasteiger partial charge >= 0.3 is 0 Å². The normalized spacial score (nSPS) is 43.9. The van der Waals surface area contributed by atoms with Crippen molar-refractivity contribution >= 4 is 5.91 Å². The van der Waals surface area contributed by atoms with Gasteiger partial charge in [0.15, 0.2) is 0 Å². The fourth-order valence-corrected chi connectivity index (χ4v) is 7.16. The van der Waals surface area contributed by atoms with E-state index in [1.165, 1.54) is 25.7 Å². The average molecular weight is 481 g/mol. The third-order valence-corrected chi connectivity index (χ3v) is 9.28. The van der Waals surface area contributed by atoms with Crippen molar-refractivity contribution in [2.24, 2.45) is 23.7 Å². The van der Waals surface area contributed by atoms with Crippen LogP contribution in [0.25, 0.3) is 0 Å². The van der Waals surface area contributed by atoms with Gasteiger partial charge in [0.25, 0.3) is 0 Å². The summed E-state index contributed by atoms with van der Waals surface area (Å²) in [6, 6.07) is 0.533. The van der Waals surface area contributed by atoms with Gasteiger partial charge < -0.3 is 20.7 Å². The lowest BCUT2D eigenvalue weighted by molar-refractivity contribution is -0.130. The Morgan fingerprint density at radius 3 is 2.82 bits per heavy atom. The van der Waals surface area contributed by atoms with Crippen LogP contribution in [0.5, 0.6) is 0 Å². The molecule has 34 heavy (non-hydrogen) atoms. The zero-order chi connectivity index (χ0) is 23.5. The number of fused-ring (bicyclic) bond motifs is 1. The number of hydrogen-bond donors (Lipinski definition) is 5. The summed E-state index contributed by atoms with van der Waals surface area (Å²) in [6.07, 6.45) is 9.26. The maximum atomic E-state index is 14.4. The summed E-state index contributed by atoms with van der Waals surface area (Å²) in [6.45, 7) is 3.64. The fraction of sp³-hybridized carbons (Fsp3) is 0.960. The Bertz CT molecular complexity index is 684. The highest BCUT2D eigenvalue weighted by Gasteiger charge is 2.41. The quantitative estimate of drug-likeness (QED) is 0.389. The SMILES string of the molecule is CN1C(CNC2CCCC(C(=O)N[C@@H]3COCC4CCCCC43)C2)NNC1C1CCNCC1F. The van der Waals surface area contributed by atoms with E-state index in [9.17, 15) is 9.18 Å². The Hall–Kier alpha value is -0.840. The van der Waals surface area contributed by atoms with Gasteiger partial charge in [-0.2, -0.15) is 0 Å². The number of piperidine rings is 1. The maximum Gasteiger partial charge on any atom is 0.223 e. The molecule has 0 spiro atoms. The average Bonchev–Trinajstić information content (AvgIpc) is 3.23. The number of likely N-dealkylation sites (N-methyl/N-ethyl adjacent to an activating group) is 1. The van der Waals surface area contributed by atoms with Crippen molar-refractivity contribution in [1.29, 1.82) is 0 Å². The molecule has 3 heterocycles. The first-order chi connectivity index (χ1) is 16.6. The van der Waals surface area contributed by atoms with Crippen LogP contribution in [-0.4, -0.2) is 81.3 Å². The van der Waals surface area contributed by atoms with Crippen LogP contribution < -0.4 is 26.8 Å². The van der Waals surface area contributed by atoms with Gasteiger partial charge in [-0.25, -0.2) is 15.2 Å². The molecular formula is C25H45FN6O2. The second kappa shape index (κ2) is 11.5. The van der Waals surface area contributed by atoms with E-state index in [0.717, 1.165) is 51.8 Å². The molecule has 5 fully saturated rings. The zero-order valence-corrected chi connectivity index (χ0v) is 20.7. The molecule has 0 aromatic heterocycles. The van der Waals surface area contributed by atoms with Crippen molar-refractivity contribution in [3.8, 4) is 0 Å². The lowest BCUT2D eigenvalue weighted by atomic mass is 9.74. The van der Waals surface area contributed by atoms with Crippen LogP contribution in [-0.2, 0) is 9.53 Å². The molecule has 8 unspecified atom stereocenters. The van der Waals surface area contributed by atoms with E-state index >= 15 is 0 Å². The first-order valence-electron chi connectivity index (χ1n) is 13.8. The van der Waals surface area contributed by atoms with Crippen LogP contribution in [0.3, 0.4) is 0 Å². The van der Waals surface area contributed by atoms with E-state index in [4.69, 9.17) is 4.74 Å². The minimum atomic E-state index is -0.821. The number of hydrazine groups is 1. The Kier molecular flexibility index (Phi) is 8.38. The number of halogens is 1. The number of hydrogen-bond acceptors (Lipinski definition) is 7. The topological polar surface area (TPSA) is 89.7 Å². The summed E-state index contributed by atoms with van der Waals surface area (Å²) in [7, 11) is 2.07. The number of rotatable bonds is 6. The molecule has 0 radical (unpaired) electrons. The summed E-state index contributed by atoms with van der Waals surface area (Å²) < 4.78 is 20.3. The zero-order valence-electron chi connectivity index (χ0n) is 20.7. The van der Waals surface area contributed by atoms with Crippen molar-refractivity contribution in [3.05, 3.63) is 0 Å². The first kappa shape index (κ1) is 24.8. The molecule has 194 valence electrons. The van der Waals surface area contributed by atoms with E-state index in [-0.39, 0.29) is 36.1 Å². The van der Waals surface area contributed by atoms with Gasteiger partial charge in [0.1, 0.15) is 6.17 Å². The van der Waals surface area contributed by atoms with Crippen molar-refractivity contribution in [2.45, 2.75) is 88.4 Å². The molecule has 3 saturated heterocycles. The molecule has 3 aliphatic heterocycles. The standard InChI is InChI=1S/C25H45FN6O2/c1-32-23(30-31-24(32)20-9-10-27-12-21(20)26)13-28-18-7-4-6-16(11-18)25(33)29-22-15-34-14-17-5-2-3-8-19(17)22/h16-24,27-28,30-31H,2-15H2,1H3,(H,29,33)/t16?,17?,18?,19?,20?,21?,22-,23?,24?/m1/s1. The molecule has 8 nitrogen and oxygen atoms in total. The lowest BCUT2D eigenvalue weighted by Crippen LogP contribution is -2.53. The predicted molar refractivity (Wildman–Crippen MR) is 129 cm³/mol. The van der Waals surface area contributed by atoms with E-state index in [1.54, 1.807) is 0 Å². The summed E-state index contributed by atoms with van der Waals surface area (Å²) >= 11 is 0. The van der Waals surface area contributed by atoms with Crippen LogP contribution in [0, 0.1) is 23.7 Å². The van der Waals surface area contributed by atoms with Gasteiger partial charge in [-0.15, -0.1) is 0 Å². The molecule has 5 N–H and O–H groups in total. The van der Waals surface area contributed by atoms with Gasteiger partial charge in [-0.05, 0) is 64.0 Å². The first-order valence-corrected chi connectivity index (χ1v) is 13.8. The number of alkyl halides is 1. The van der Waals surface area contributed by atoms with Crippen molar-refractivity contribution in [3.63, 3.8) is 0 Å². The molecule has 2 saturated carbocycles. The Labute approximate surface area is 203 Å². The molecule has 5 rings (SSSR count). The minimum absolute atomic E-state index is 0.000893. The van der Waals surface area contributed by atoms with Gasteiger partial charge in [0, 0.05) is 37.6 Å². The molecule has 0 aromatic rings. The Morgan fingerprint density at radius 1 is 1.06 bits per heavy atom. The number of carbonyl (C=O) groups excluding carboxylic acids is 1. The largest absolute Gasteiger partial charge is 0.379 e. The lowest BCUT2D eigenvalue weighted by Gasteiger charge is -2.42. The number of amides is 1.